The number of nitrogens with one attached hydrogen (secondary N) is 2. The molecule has 0 bridgehead atoms. The fraction of sp³-hybridized carbons (Fsp3) is 0.158. The zero-order valence-electron chi connectivity index (χ0n) is 14.6. The van der Waals surface area contributed by atoms with Crippen LogP contribution in [-0.2, 0) is 0 Å². The standard InChI is InChI=1S/C19H20ClN5O/c1-3-26-15-8-6-13(7-9-15)24-18-17(21)19(23-11-22-18)25-14-5-4-12(2)16(20)10-14/h4-11H,3,21H2,1-2H3,(H2,22,23,24,25). The van der Waals surface area contributed by atoms with Crippen molar-refractivity contribution in [1.29, 1.82) is 0 Å². The molecule has 0 unspecified atom stereocenters. The molecule has 0 aliphatic rings. The van der Waals surface area contributed by atoms with E-state index in [4.69, 9.17) is 22.1 Å². The Kier molecular flexibility index (Phi) is 5.43. The Morgan fingerprint density at radius 1 is 1.00 bits per heavy atom. The van der Waals surface area contributed by atoms with Gasteiger partial charge in [-0.3, -0.25) is 0 Å². The molecule has 0 saturated carbocycles. The maximum atomic E-state index is 6.22. The first-order chi connectivity index (χ1) is 12.6. The van der Waals surface area contributed by atoms with Crippen molar-refractivity contribution < 1.29 is 4.74 Å². The van der Waals surface area contributed by atoms with E-state index >= 15 is 0 Å². The number of hydrogen-bond donors (Lipinski definition) is 3. The number of halogens is 1. The Labute approximate surface area is 157 Å². The van der Waals surface area contributed by atoms with Crippen molar-refractivity contribution in [2.24, 2.45) is 0 Å². The van der Waals surface area contributed by atoms with Crippen molar-refractivity contribution in [3.63, 3.8) is 0 Å². The fourth-order valence-electron chi connectivity index (χ4n) is 2.34. The molecular weight excluding hydrogens is 350 g/mol. The molecule has 0 amide bonds. The van der Waals surface area contributed by atoms with Crippen LogP contribution in [0.5, 0.6) is 5.75 Å². The third-order valence-electron chi connectivity index (χ3n) is 3.75. The maximum absolute atomic E-state index is 6.22. The van der Waals surface area contributed by atoms with Crippen LogP contribution in [0.2, 0.25) is 5.02 Å². The Hall–Kier alpha value is -2.99. The SMILES string of the molecule is CCOc1ccc(Nc2ncnc(Nc3ccc(C)c(Cl)c3)c2N)cc1. The minimum absolute atomic E-state index is 0.415. The normalized spacial score (nSPS) is 10.4. The first kappa shape index (κ1) is 17.8. The average Bonchev–Trinajstić information content (AvgIpc) is 2.63. The number of aromatic nitrogens is 2. The summed E-state index contributed by atoms with van der Waals surface area (Å²) in [6.07, 6.45) is 1.45. The average molecular weight is 370 g/mol. The van der Waals surface area contributed by atoms with Gasteiger partial charge in [-0.2, -0.15) is 0 Å². The molecule has 4 N–H and O–H groups in total. The third-order valence-corrected chi connectivity index (χ3v) is 4.15. The molecule has 7 heteroatoms. The number of hydrogen-bond acceptors (Lipinski definition) is 6. The molecule has 6 nitrogen and oxygen atoms in total. The number of nitrogens with zero attached hydrogens (tertiary/aromatic N) is 2. The molecule has 0 spiro atoms. The van der Waals surface area contributed by atoms with Gasteiger partial charge in [0.25, 0.3) is 0 Å². The summed E-state index contributed by atoms with van der Waals surface area (Å²) in [4.78, 5) is 8.44. The van der Waals surface area contributed by atoms with Gasteiger partial charge < -0.3 is 21.1 Å². The fourth-order valence-corrected chi connectivity index (χ4v) is 2.52. The molecular formula is C19H20ClN5O. The Morgan fingerprint density at radius 3 is 2.23 bits per heavy atom. The summed E-state index contributed by atoms with van der Waals surface area (Å²) >= 11 is 6.17. The van der Waals surface area contributed by atoms with Crippen molar-refractivity contribution in [3.05, 3.63) is 59.4 Å². The molecule has 2 aromatic carbocycles. The van der Waals surface area contributed by atoms with Crippen LogP contribution in [0.25, 0.3) is 0 Å². The molecule has 26 heavy (non-hydrogen) atoms. The van der Waals surface area contributed by atoms with Gasteiger partial charge >= 0.3 is 0 Å². The topological polar surface area (TPSA) is 85.1 Å². The highest BCUT2D eigenvalue weighted by molar-refractivity contribution is 6.31. The van der Waals surface area contributed by atoms with E-state index in [1.54, 1.807) is 0 Å². The van der Waals surface area contributed by atoms with Crippen molar-refractivity contribution >= 4 is 40.3 Å². The highest BCUT2D eigenvalue weighted by atomic mass is 35.5. The van der Waals surface area contributed by atoms with Crippen LogP contribution in [0.1, 0.15) is 12.5 Å². The number of aryl methyl sites for hydroxylation is 1. The second kappa shape index (κ2) is 7.93. The molecule has 0 saturated heterocycles. The molecule has 0 fully saturated rings. The zero-order valence-corrected chi connectivity index (χ0v) is 15.3. The monoisotopic (exact) mass is 369 g/mol. The summed E-state index contributed by atoms with van der Waals surface area (Å²) in [5.74, 6) is 1.84. The van der Waals surface area contributed by atoms with E-state index in [9.17, 15) is 0 Å². The lowest BCUT2D eigenvalue weighted by atomic mass is 10.2. The van der Waals surface area contributed by atoms with Gasteiger partial charge in [-0.15, -0.1) is 0 Å². The van der Waals surface area contributed by atoms with Gasteiger partial charge in [0.15, 0.2) is 11.6 Å². The van der Waals surface area contributed by atoms with E-state index in [-0.39, 0.29) is 0 Å². The largest absolute Gasteiger partial charge is 0.494 e. The molecule has 1 aromatic heterocycles. The lowest BCUT2D eigenvalue weighted by Gasteiger charge is -2.13. The van der Waals surface area contributed by atoms with Crippen LogP contribution in [0.3, 0.4) is 0 Å². The van der Waals surface area contributed by atoms with E-state index in [1.165, 1.54) is 6.33 Å². The lowest BCUT2D eigenvalue weighted by molar-refractivity contribution is 0.340. The number of anilines is 5. The van der Waals surface area contributed by atoms with Gasteiger partial charge in [0, 0.05) is 16.4 Å². The Morgan fingerprint density at radius 2 is 1.62 bits per heavy atom. The van der Waals surface area contributed by atoms with Gasteiger partial charge in [-0.1, -0.05) is 17.7 Å². The summed E-state index contributed by atoms with van der Waals surface area (Å²) in [6, 6.07) is 13.3. The summed E-state index contributed by atoms with van der Waals surface area (Å²) in [7, 11) is 0. The van der Waals surface area contributed by atoms with Crippen LogP contribution in [0.4, 0.5) is 28.7 Å². The van der Waals surface area contributed by atoms with Gasteiger partial charge in [0.05, 0.1) is 6.61 Å². The number of benzene rings is 2. The summed E-state index contributed by atoms with van der Waals surface area (Å²) in [6.45, 7) is 4.53. The molecule has 1 heterocycles. The van der Waals surface area contributed by atoms with E-state index in [2.05, 4.69) is 20.6 Å². The quantitative estimate of drug-likeness (QED) is 0.572. The summed E-state index contributed by atoms with van der Waals surface area (Å²) in [5, 5.41) is 7.04. The van der Waals surface area contributed by atoms with Gasteiger partial charge in [-0.25, -0.2) is 9.97 Å². The molecule has 0 aliphatic heterocycles. The number of rotatable bonds is 6. The summed E-state index contributed by atoms with van der Waals surface area (Å²) in [5.41, 5.74) is 9.29. The van der Waals surface area contributed by atoms with Crippen LogP contribution < -0.4 is 21.1 Å². The predicted octanol–water partition coefficient (Wildman–Crippen LogP) is 4.91. The zero-order chi connectivity index (χ0) is 18.5. The van der Waals surface area contributed by atoms with Crippen LogP contribution >= 0.6 is 11.6 Å². The van der Waals surface area contributed by atoms with Crippen molar-refractivity contribution in [2.45, 2.75) is 13.8 Å². The summed E-state index contributed by atoms with van der Waals surface area (Å²) < 4.78 is 5.44. The molecule has 0 aliphatic carbocycles. The minimum Gasteiger partial charge on any atom is -0.494 e. The minimum atomic E-state index is 0.415. The molecule has 0 atom stereocenters. The van der Waals surface area contributed by atoms with Gasteiger partial charge in [-0.05, 0) is 55.8 Å². The third kappa shape index (κ3) is 4.15. The van der Waals surface area contributed by atoms with Crippen molar-refractivity contribution in [1.82, 2.24) is 9.97 Å². The lowest BCUT2D eigenvalue weighted by Crippen LogP contribution is -2.05. The smallest absolute Gasteiger partial charge is 0.159 e. The van der Waals surface area contributed by atoms with Crippen LogP contribution in [0.15, 0.2) is 48.8 Å². The molecule has 0 radical (unpaired) electrons. The first-order valence-corrected chi connectivity index (χ1v) is 8.58. The first-order valence-electron chi connectivity index (χ1n) is 8.20. The van der Waals surface area contributed by atoms with E-state index in [0.717, 1.165) is 22.7 Å². The maximum Gasteiger partial charge on any atom is 0.159 e. The second-order valence-corrected chi connectivity index (χ2v) is 6.06. The highest BCUT2D eigenvalue weighted by Gasteiger charge is 2.09. The molecule has 3 rings (SSSR count). The Bertz CT molecular complexity index is 899. The van der Waals surface area contributed by atoms with E-state index < -0.39 is 0 Å². The molecule has 134 valence electrons. The van der Waals surface area contributed by atoms with Crippen molar-refractivity contribution in [3.8, 4) is 5.75 Å². The van der Waals surface area contributed by atoms with E-state index in [0.29, 0.717) is 29.0 Å². The van der Waals surface area contributed by atoms with E-state index in [1.807, 2.05) is 56.3 Å². The van der Waals surface area contributed by atoms with Gasteiger partial charge in [0.2, 0.25) is 0 Å². The number of nitrogen functional groups attached to an aromatic ring is 1. The number of ether oxygens (including phenoxy) is 1. The number of nitrogens with two attached hydrogens (primary N) is 1. The highest BCUT2D eigenvalue weighted by Crippen LogP contribution is 2.30. The molecule has 3 aromatic rings. The van der Waals surface area contributed by atoms with Crippen molar-refractivity contribution in [2.75, 3.05) is 23.0 Å². The second-order valence-electron chi connectivity index (χ2n) is 5.66. The Balaban J connectivity index is 1.79. The van der Waals surface area contributed by atoms with Crippen LogP contribution in [0, 0.1) is 6.92 Å². The van der Waals surface area contributed by atoms with Gasteiger partial charge in [0.1, 0.15) is 17.8 Å². The predicted molar refractivity (Wildman–Crippen MR) is 107 cm³/mol. The van der Waals surface area contributed by atoms with Crippen LogP contribution in [-0.4, -0.2) is 16.6 Å².